The average molecular weight is 275 g/mol. The lowest BCUT2D eigenvalue weighted by Gasteiger charge is -2.33. The van der Waals surface area contributed by atoms with Crippen molar-refractivity contribution in [2.45, 2.75) is 69.1 Å². The SMILES string of the molecule is O=S(=O)(C1CCCCC1)N(CCO)C1CCCC1. The van der Waals surface area contributed by atoms with Gasteiger partial charge in [0.15, 0.2) is 0 Å². The molecule has 5 heteroatoms. The molecule has 2 fully saturated rings. The molecular formula is C13H25NO3S. The maximum absolute atomic E-state index is 12.7. The molecule has 4 nitrogen and oxygen atoms in total. The minimum Gasteiger partial charge on any atom is -0.395 e. The third kappa shape index (κ3) is 3.06. The van der Waals surface area contributed by atoms with E-state index in [1.807, 2.05) is 0 Å². The molecule has 0 spiro atoms. The van der Waals surface area contributed by atoms with Gasteiger partial charge in [-0.2, -0.15) is 4.31 Å². The number of hydrogen-bond donors (Lipinski definition) is 1. The van der Waals surface area contributed by atoms with Crippen molar-refractivity contribution in [2.24, 2.45) is 0 Å². The molecule has 106 valence electrons. The lowest BCUT2D eigenvalue weighted by Crippen LogP contribution is -2.46. The van der Waals surface area contributed by atoms with E-state index in [2.05, 4.69) is 0 Å². The zero-order valence-corrected chi connectivity index (χ0v) is 11.9. The van der Waals surface area contributed by atoms with Gasteiger partial charge in [0.1, 0.15) is 0 Å². The van der Waals surface area contributed by atoms with E-state index in [1.165, 1.54) is 0 Å². The van der Waals surface area contributed by atoms with Crippen LogP contribution in [0.15, 0.2) is 0 Å². The van der Waals surface area contributed by atoms with Crippen molar-refractivity contribution in [3.05, 3.63) is 0 Å². The molecule has 2 saturated carbocycles. The molecule has 1 N–H and O–H groups in total. The van der Waals surface area contributed by atoms with Gasteiger partial charge in [0.25, 0.3) is 0 Å². The Balaban J connectivity index is 2.11. The summed E-state index contributed by atoms with van der Waals surface area (Å²) in [7, 11) is -3.20. The predicted molar refractivity (Wildman–Crippen MR) is 71.8 cm³/mol. The second kappa shape index (κ2) is 6.35. The highest BCUT2D eigenvalue weighted by Gasteiger charge is 2.37. The van der Waals surface area contributed by atoms with Crippen molar-refractivity contribution in [2.75, 3.05) is 13.2 Å². The Kier molecular flexibility index (Phi) is 5.04. The van der Waals surface area contributed by atoms with Gasteiger partial charge in [0.2, 0.25) is 10.0 Å². The summed E-state index contributed by atoms with van der Waals surface area (Å²) in [5, 5.41) is 8.96. The van der Waals surface area contributed by atoms with E-state index in [0.29, 0.717) is 0 Å². The van der Waals surface area contributed by atoms with Crippen molar-refractivity contribution in [3.8, 4) is 0 Å². The van der Waals surface area contributed by atoms with Gasteiger partial charge in [-0.15, -0.1) is 0 Å². The van der Waals surface area contributed by atoms with Gasteiger partial charge >= 0.3 is 0 Å². The Morgan fingerprint density at radius 3 is 2.06 bits per heavy atom. The van der Waals surface area contributed by atoms with E-state index >= 15 is 0 Å². The lowest BCUT2D eigenvalue weighted by molar-refractivity contribution is 0.223. The number of aliphatic hydroxyl groups is 1. The minimum atomic E-state index is -3.20. The average Bonchev–Trinajstić information content (AvgIpc) is 2.90. The van der Waals surface area contributed by atoms with E-state index < -0.39 is 10.0 Å². The molecule has 18 heavy (non-hydrogen) atoms. The topological polar surface area (TPSA) is 57.6 Å². The van der Waals surface area contributed by atoms with Crippen LogP contribution >= 0.6 is 0 Å². The Morgan fingerprint density at radius 1 is 0.944 bits per heavy atom. The van der Waals surface area contributed by atoms with E-state index in [9.17, 15) is 8.42 Å². The monoisotopic (exact) mass is 275 g/mol. The van der Waals surface area contributed by atoms with Gasteiger partial charge < -0.3 is 5.11 Å². The zero-order valence-electron chi connectivity index (χ0n) is 11.1. The Morgan fingerprint density at radius 2 is 1.50 bits per heavy atom. The van der Waals surface area contributed by atoms with Crippen LogP contribution in [0.4, 0.5) is 0 Å². The first-order chi connectivity index (χ1) is 8.66. The van der Waals surface area contributed by atoms with Crippen LogP contribution in [-0.4, -0.2) is 42.3 Å². The van der Waals surface area contributed by atoms with Crippen LogP contribution in [0, 0.1) is 0 Å². The maximum Gasteiger partial charge on any atom is 0.217 e. The van der Waals surface area contributed by atoms with Crippen LogP contribution < -0.4 is 0 Å². The fraction of sp³-hybridized carbons (Fsp3) is 1.00. The minimum absolute atomic E-state index is 0.0670. The largest absolute Gasteiger partial charge is 0.395 e. The number of aliphatic hydroxyl groups excluding tert-OH is 1. The molecule has 0 saturated heterocycles. The molecule has 0 aliphatic heterocycles. The zero-order chi connectivity index (χ0) is 13.0. The van der Waals surface area contributed by atoms with E-state index in [4.69, 9.17) is 5.11 Å². The van der Waals surface area contributed by atoms with Crippen LogP contribution in [0.2, 0.25) is 0 Å². The summed E-state index contributed by atoms with van der Waals surface area (Å²) >= 11 is 0. The molecule has 0 heterocycles. The van der Waals surface area contributed by atoms with E-state index in [-0.39, 0.29) is 24.4 Å². The third-order valence-electron chi connectivity index (χ3n) is 4.35. The van der Waals surface area contributed by atoms with Gasteiger partial charge in [-0.25, -0.2) is 8.42 Å². The summed E-state index contributed by atoms with van der Waals surface area (Å²) < 4.78 is 27.0. The molecule has 0 unspecified atom stereocenters. The fourth-order valence-corrected chi connectivity index (χ4v) is 5.64. The normalized spacial score (nSPS) is 23.9. The number of sulfonamides is 1. The summed E-state index contributed by atoms with van der Waals surface area (Å²) in [5.41, 5.74) is 0. The number of rotatable bonds is 5. The standard InChI is InChI=1S/C13H25NO3S/c15-11-10-14(12-6-4-5-7-12)18(16,17)13-8-2-1-3-9-13/h12-13,15H,1-11H2. The Hall–Kier alpha value is -0.130. The van der Waals surface area contributed by atoms with Gasteiger partial charge in [0, 0.05) is 12.6 Å². The molecule has 0 atom stereocenters. The highest BCUT2D eigenvalue weighted by Crippen LogP contribution is 2.31. The second-order valence-corrected chi connectivity index (χ2v) is 7.74. The maximum atomic E-state index is 12.7. The molecule has 0 amide bonds. The molecule has 0 radical (unpaired) electrons. The summed E-state index contributed by atoms with van der Waals surface area (Å²) in [6, 6.07) is 0.143. The predicted octanol–water partition coefficient (Wildman–Crippen LogP) is 1.89. The molecule has 0 aromatic carbocycles. The van der Waals surface area contributed by atoms with Crippen molar-refractivity contribution in [1.29, 1.82) is 0 Å². The summed E-state index contributed by atoms with van der Waals surface area (Å²) in [6.07, 6.45) is 8.99. The summed E-state index contributed by atoms with van der Waals surface area (Å²) in [4.78, 5) is 0. The van der Waals surface area contributed by atoms with Crippen LogP contribution in [0.1, 0.15) is 57.8 Å². The summed E-state index contributed by atoms with van der Waals surface area (Å²) in [5.74, 6) is 0. The first-order valence-electron chi connectivity index (χ1n) is 7.28. The highest BCUT2D eigenvalue weighted by molar-refractivity contribution is 7.89. The van der Waals surface area contributed by atoms with Crippen molar-refractivity contribution >= 4 is 10.0 Å². The van der Waals surface area contributed by atoms with Crippen LogP contribution in [-0.2, 0) is 10.0 Å². The molecule has 2 rings (SSSR count). The van der Waals surface area contributed by atoms with Crippen molar-refractivity contribution < 1.29 is 13.5 Å². The van der Waals surface area contributed by atoms with Crippen LogP contribution in [0.25, 0.3) is 0 Å². The van der Waals surface area contributed by atoms with Crippen molar-refractivity contribution in [3.63, 3.8) is 0 Å². The first kappa shape index (κ1) is 14.3. The number of hydrogen-bond acceptors (Lipinski definition) is 3. The smallest absolute Gasteiger partial charge is 0.217 e. The lowest BCUT2D eigenvalue weighted by atomic mass is 10.0. The molecule has 2 aliphatic rings. The van der Waals surface area contributed by atoms with Crippen LogP contribution in [0.5, 0.6) is 0 Å². The Bertz CT molecular complexity index is 343. The third-order valence-corrected chi connectivity index (χ3v) is 6.80. The molecule has 0 aromatic heterocycles. The fourth-order valence-electron chi connectivity index (χ4n) is 3.36. The van der Waals surface area contributed by atoms with E-state index in [0.717, 1.165) is 57.8 Å². The van der Waals surface area contributed by atoms with Gasteiger partial charge in [-0.05, 0) is 25.7 Å². The molecule has 2 aliphatic carbocycles. The Labute approximate surface area is 110 Å². The second-order valence-electron chi connectivity index (χ2n) is 5.58. The molecular weight excluding hydrogens is 250 g/mol. The van der Waals surface area contributed by atoms with Crippen molar-refractivity contribution in [1.82, 2.24) is 4.31 Å². The summed E-state index contributed by atoms with van der Waals surface area (Å²) in [6.45, 7) is 0.214. The quantitative estimate of drug-likeness (QED) is 0.833. The van der Waals surface area contributed by atoms with Gasteiger partial charge in [-0.1, -0.05) is 32.1 Å². The first-order valence-corrected chi connectivity index (χ1v) is 8.78. The van der Waals surface area contributed by atoms with Crippen LogP contribution in [0.3, 0.4) is 0 Å². The highest BCUT2D eigenvalue weighted by atomic mass is 32.2. The van der Waals surface area contributed by atoms with E-state index in [1.54, 1.807) is 4.31 Å². The molecule has 0 aromatic rings. The van der Waals surface area contributed by atoms with Gasteiger partial charge in [-0.3, -0.25) is 0 Å². The molecule has 0 bridgehead atoms. The van der Waals surface area contributed by atoms with Gasteiger partial charge in [0.05, 0.1) is 11.9 Å². The number of nitrogens with zero attached hydrogens (tertiary/aromatic N) is 1.